The van der Waals surface area contributed by atoms with Crippen LogP contribution in [-0.2, 0) is 16.0 Å². The summed E-state index contributed by atoms with van der Waals surface area (Å²) in [6.45, 7) is 3.27. The van der Waals surface area contributed by atoms with Gasteiger partial charge in [0.15, 0.2) is 0 Å². The van der Waals surface area contributed by atoms with Crippen LogP contribution in [0.25, 0.3) is 0 Å². The van der Waals surface area contributed by atoms with E-state index in [2.05, 4.69) is 0 Å². The molecule has 0 aromatic heterocycles. The van der Waals surface area contributed by atoms with Crippen LogP contribution in [0.1, 0.15) is 31.7 Å². The Bertz CT molecular complexity index is 522. The maximum atomic E-state index is 12.9. The molecule has 0 radical (unpaired) electrons. The zero-order valence-electron chi connectivity index (χ0n) is 12.9. The second-order valence-electron chi connectivity index (χ2n) is 6.17. The van der Waals surface area contributed by atoms with Crippen LogP contribution in [-0.4, -0.2) is 29.8 Å². The van der Waals surface area contributed by atoms with Crippen LogP contribution in [0.3, 0.4) is 0 Å². The first kappa shape index (κ1) is 16.5. The van der Waals surface area contributed by atoms with Crippen LogP contribution in [0.15, 0.2) is 24.3 Å². The van der Waals surface area contributed by atoms with E-state index in [9.17, 15) is 14.0 Å². The van der Waals surface area contributed by atoms with Crippen molar-refractivity contribution in [2.45, 2.75) is 32.6 Å². The van der Waals surface area contributed by atoms with E-state index in [0.717, 1.165) is 18.4 Å². The van der Waals surface area contributed by atoms with Gasteiger partial charge in [0.1, 0.15) is 5.82 Å². The summed E-state index contributed by atoms with van der Waals surface area (Å²) in [5.41, 5.74) is 6.18. The van der Waals surface area contributed by atoms with Gasteiger partial charge in [-0.2, -0.15) is 0 Å². The van der Waals surface area contributed by atoms with Crippen molar-refractivity contribution in [3.8, 4) is 0 Å². The molecule has 1 saturated heterocycles. The number of amides is 2. The molecule has 2 amide bonds. The first-order chi connectivity index (χ1) is 10.5. The average Bonchev–Trinajstić information content (AvgIpc) is 2.49. The topological polar surface area (TPSA) is 63.4 Å². The van der Waals surface area contributed by atoms with Crippen molar-refractivity contribution in [1.29, 1.82) is 0 Å². The predicted molar refractivity (Wildman–Crippen MR) is 82.4 cm³/mol. The lowest BCUT2D eigenvalue weighted by Crippen LogP contribution is -2.42. The van der Waals surface area contributed by atoms with Crippen molar-refractivity contribution in [3.05, 3.63) is 35.6 Å². The highest BCUT2D eigenvalue weighted by molar-refractivity contribution is 5.79. The third-order valence-corrected chi connectivity index (χ3v) is 4.29. The van der Waals surface area contributed by atoms with E-state index in [1.54, 1.807) is 12.1 Å². The molecule has 0 bridgehead atoms. The predicted octanol–water partition coefficient (Wildman–Crippen LogP) is 2.12. The maximum absolute atomic E-state index is 12.9. The molecule has 0 spiro atoms. The van der Waals surface area contributed by atoms with Gasteiger partial charge >= 0.3 is 0 Å². The number of nitrogens with zero attached hydrogens (tertiary/aromatic N) is 1. The van der Waals surface area contributed by atoms with E-state index in [0.29, 0.717) is 31.8 Å². The maximum Gasteiger partial charge on any atom is 0.225 e. The van der Waals surface area contributed by atoms with E-state index in [1.165, 1.54) is 12.1 Å². The van der Waals surface area contributed by atoms with Gasteiger partial charge in [0.05, 0.1) is 0 Å². The molecule has 120 valence electrons. The van der Waals surface area contributed by atoms with Crippen LogP contribution in [0.4, 0.5) is 4.39 Å². The van der Waals surface area contributed by atoms with Gasteiger partial charge in [-0.05, 0) is 42.9 Å². The van der Waals surface area contributed by atoms with E-state index < -0.39 is 0 Å². The minimum Gasteiger partial charge on any atom is -0.370 e. The van der Waals surface area contributed by atoms with Crippen molar-refractivity contribution in [2.75, 3.05) is 13.1 Å². The molecule has 0 saturated carbocycles. The fraction of sp³-hybridized carbons (Fsp3) is 0.529. The molecule has 1 fully saturated rings. The van der Waals surface area contributed by atoms with E-state index in [1.807, 2.05) is 11.8 Å². The highest BCUT2D eigenvalue weighted by Crippen LogP contribution is 2.22. The van der Waals surface area contributed by atoms with E-state index in [-0.39, 0.29) is 23.5 Å². The standard InChI is InChI=1S/C17H23FN2O2/c1-12(10-13-2-4-15(18)5-3-13)17(22)20-8-6-14(7-9-20)11-16(19)21/h2-5,12,14H,6-11H2,1H3,(H2,19,21)/t12-/m0/s1. The number of likely N-dealkylation sites (tertiary alicyclic amines) is 1. The second-order valence-corrected chi connectivity index (χ2v) is 6.17. The van der Waals surface area contributed by atoms with Crippen LogP contribution in [0.2, 0.25) is 0 Å². The Labute approximate surface area is 130 Å². The SMILES string of the molecule is C[C@@H](Cc1ccc(F)cc1)C(=O)N1CCC(CC(N)=O)CC1. The number of rotatable bonds is 5. The van der Waals surface area contributed by atoms with Gasteiger partial charge in [-0.25, -0.2) is 4.39 Å². The van der Waals surface area contributed by atoms with Gasteiger partial charge in [0.2, 0.25) is 11.8 Å². The molecule has 1 aromatic rings. The minimum absolute atomic E-state index is 0.127. The summed E-state index contributed by atoms with van der Waals surface area (Å²) in [7, 11) is 0. The normalized spacial score (nSPS) is 17.3. The number of piperidine rings is 1. The van der Waals surface area contributed by atoms with Crippen LogP contribution < -0.4 is 5.73 Å². The van der Waals surface area contributed by atoms with Crippen molar-refractivity contribution >= 4 is 11.8 Å². The van der Waals surface area contributed by atoms with Gasteiger partial charge in [-0.3, -0.25) is 9.59 Å². The van der Waals surface area contributed by atoms with E-state index >= 15 is 0 Å². The zero-order chi connectivity index (χ0) is 16.1. The lowest BCUT2D eigenvalue weighted by Gasteiger charge is -2.33. The Balaban J connectivity index is 1.84. The fourth-order valence-corrected chi connectivity index (χ4v) is 3.02. The average molecular weight is 306 g/mol. The highest BCUT2D eigenvalue weighted by Gasteiger charge is 2.26. The summed E-state index contributed by atoms with van der Waals surface area (Å²) in [6.07, 6.45) is 2.68. The molecule has 4 nitrogen and oxygen atoms in total. The summed E-state index contributed by atoms with van der Waals surface area (Å²) in [5, 5.41) is 0. The molecule has 1 aromatic carbocycles. The minimum atomic E-state index is -0.269. The lowest BCUT2D eigenvalue weighted by atomic mass is 9.92. The summed E-state index contributed by atoms with van der Waals surface area (Å²) < 4.78 is 12.9. The number of hydrogen-bond acceptors (Lipinski definition) is 2. The first-order valence-corrected chi connectivity index (χ1v) is 7.77. The van der Waals surface area contributed by atoms with Crippen molar-refractivity contribution < 1.29 is 14.0 Å². The monoisotopic (exact) mass is 306 g/mol. The highest BCUT2D eigenvalue weighted by atomic mass is 19.1. The Morgan fingerprint density at radius 2 is 1.86 bits per heavy atom. The molecule has 1 aliphatic rings. The number of hydrogen-bond donors (Lipinski definition) is 1. The molecule has 2 rings (SSSR count). The number of halogens is 1. The number of carbonyl (C=O) groups is 2. The molecular weight excluding hydrogens is 283 g/mol. The lowest BCUT2D eigenvalue weighted by molar-refractivity contribution is -0.136. The molecular formula is C17H23FN2O2. The van der Waals surface area contributed by atoms with Crippen molar-refractivity contribution in [2.24, 2.45) is 17.6 Å². The Hall–Kier alpha value is -1.91. The van der Waals surface area contributed by atoms with Crippen LogP contribution in [0, 0.1) is 17.7 Å². The Morgan fingerprint density at radius 3 is 2.41 bits per heavy atom. The number of nitrogens with two attached hydrogens (primary N) is 1. The zero-order valence-corrected chi connectivity index (χ0v) is 12.9. The van der Waals surface area contributed by atoms with Crippen LogP contribution in [0.5, 0.6) is 0 Å². The molecule has 2 N–H and O–H groups in total. The largest absolute Gasteiger partial charge is 0.370 e. The summed E-state index contributed by atoms with van der Waals surface area (Å²) in [6, 6.07) is 6.28. The van der Waals surface area contributed by atoms with Gasteiger partial charge in [0, 0.05) is 25.4 Å². The van der Waals surface area contributed by atoms with Crippen molar-refractivity contribution in [3.63, 3.8) is 0 Å². The third kappa shape index (κ3) is 4.55. The van der Waals surface area contributed by atoms with Gasteiger partial charge in [0.25, 0.3) is 0 Å². The fourth-order valence-electron chi connectivity index (χ4n) is 3.02. The number of carbonyl (C=O) groups excluding carboxylic acids is 2. The Kier molecular flexibility index (Phi) is 5.52. The molecule has 5 heteroatoms. The number of primary amides is 1. The van der Waals surface area contributed by atoms with Gasteiger partial charge < -0.3 is 10.6 Å². The van der Waals surface area contributed by atoms with Crippen LogP contribution >= 0.6 is 0 Å². The molecule has 1 heterocycles. The number of benzene rings is 1. The second kappa shape index (κ2) is 7.38. The Morgan fingerprint density at radius 1 is 1.27 bits per heavy atom. The summed E-state index contributed by atoms with van der Waals surface area (Å²) >= 11 is 0. The quantitative estimate of drug-likeness (QED) is 0.905. The first-order valence-electron chi connectivity index (χ1n) is 7.77. The molecule has 1 atom stereocenters. The summed E-state index contributed by atoms with van der Waals surface area (Å²) in [4.78, 5) is 25.3. The van der Waals surface area contributed by atoms with Gasteiger partial charge in [-0.1, -0.05) is 19.1 Å². The van der Waals surface area contributed by atoms with Crippen molar-refractivity contribution in [1.82, 2.24) is 4.90 Å². The molecule has 1 aliphatic heterocycles. The van der Waals surface area contributed by atoms with E-state index in [4.69, 9.17) is 5.73 Å². The molecule has 22 heavy (non-hydrogen) atoms. The smallest absolute Gasteiger partial charge is 0.225 e. The third-order valence-electron chi connectivity index (χ3n) is 4.29. The molecule has 0 unspecified atom stereocenters. The van der Waals surface area contributed by atoms with Gasteiger partial charge in [-0.15, -0.1) is 0 Å². The summed E-state index contributed by atoms with van der Waals surface area (Å²) in [5.74, 6) is -0.234. The molecule has 0 aliphatic carbocycles.